The molecule has 33 heavy (non-hydrogen) atoms. The molecule has 0 spiro atoms. The summed E-state index contributed by atoms with van der Waals surface area (Å²) in [6, 6.07) is 1.55. The van der Waals surface area contributed by atoms with Crippen LogP contribution in [0.2, 0.25) is 0 Å². The number of benzene rings is 1. The third kappa shape index (κ3) is 2.72. The molecule has 0 fully saturated rings. The number of aliphatic hydroxyl groups is 2. The lowest BCUT2D eigenvalue weighted by molar-refractivity contribution is -0.157. The van der Waals surface area contributed by atoms with E-state index in [9.17, 15) is 34.5 Å². The molecule has 174 valence electrons. The standard InChI is InChI=1S/C26H28O7/c1-11-7-15(13(3)27)16-9-24(5)10-25(6)8-12(2)17(14(4)28)22(31)26(25,33)23(32)19(24)21(30)18(16)20(11)29/h7,29,32-33H,8-10H2,1-6H3/t24-,25+,26+/m1/s1. The Balaban J connectivity index is 2.06. The van der Waals surface area contributed by atoms with Gasteiger partial charge < -0.3 is 15.3 Å². The fraction of sp³-hybridized carbons (Fsp3) is 0.462. The van der Waals surface area contributed by atoms with E-state index < -0.39 is 39.5 Å². The molecule has 3 aliphatic rings. The Morgan fingerprint density at radius 3 is 2.15 bits per heavy atom. The van der Waals surface area contributed by atoms with Crippen LogP contribution in [-0.2, 0) is 16.0 Å². The summed E-state index contributed by atoms with van der Waals surface area (Å²) in [6.07, 6.45) is 0.497. The molecule has 3 N–H and O–H groups in total. The molecule has 0 aliphatic heterocycles. The smallest absolute Gasteiger partial charge is 0.206 e. The van der Waals surface area contributed by atoms with Crippen LogP contribution in [0, 0.1) is 17.8 Å². The van der Waals surface area contributed by atoms with E-state index >= 15 is 0 Å². The number of ketones is 4. The maximum absolute atomic E-state index is 13.7. The van der Waals surface area contributed by atoms with Gasteiger partial charge in [0, 0.05) is 22.0 Å². The molecule has 0 radical (unpaired) electrons. The fourth-order valence-corrected chi connectivity index (χ4v) is 6.55. The van der Waals surface area contributed by atoms with Gasteiger partial charge in [0.05, 0.1) is 11.1 Å². The topological polar surface area (TPSA) is 129 Å². The second-order valence-electron chi connectivity index (χ2n) is 10.5. The van der Waals surface area contributed by atoms with Crippen LogP contribution in [0.15, 0.2) is 28.5 Å². The van der Waals surface area contributed by atoms with Crippen LogP contribution >= 0.6 is 0 Å². The average Bonchev–Trinajstić information content (AvgIpc) is 2.66. The molecule has 0 heterocycles. The molecule has 3 aliphatic carbocycles. The molecular weight excluding hydrogens is 424 g/mol. The maximum atomic E-state index is 13.7. The van der Waals surface area contributed by atoms with E-state index in [4.69, 9.17) is 0 Å². The number of rotatable bonds is 2. The van der Waals surface area contributed by atoms with Crippen LogP contribution in [0.3, 0.4) is 0 Å². The second-order valence-corrected chi connectivity index (χ2v) is 10.5. The summed E-state index contributed by atoms with van der Waals surface area (Å²) in [7, 11) is 0. The first-order valence-electron chi connectivity index (χ1n) is 10.9. The molecule has 0 saturated heterocycles. The highest BCUT2D eigenvalue weighted by Gasteiger charge is 2.67. The van der Waals surface area contributed by atoms with Gasteiger partial charge in [-0.3, -0.25) is 19.2 Å². The molecule has 0 amide bonds. The van der Waals surface area contributed by atoms with Crippen LogP contribution in [0.25, 0.3) is 0 Å². The van der Waals surface area contributed by atoms with E-state index in [0.717, 1.165) is 0 Å². The number of carbonyl (C=O) groups is 4. The predicted octanol–water partition coefficient (Wildman–Crippen LogP) is 3.48. The number of carbonyl (C=O) groups excluding carboxylic acids is 4. The van der Waals surface area contributed by atoms with Crippen molar-refractivity contribution >= 4 is 23.1 Å². The largest absolute Gasteiger partial charge is 0.508 e. The summed E-state index contributed by atoms with van der Waals surface area (Å²) in [6.45, 7) is 9.28. The van der Waals surface area contributed by atoms with Crippen LogP contribution in [0.1, 0.15) is 79.3 Å². The first kappa shape index (κ1) is 23.1. The van der Waals surface area contributed by atoms with Gasteiger partial charge in [-0.25, -0.2) is 0 Å². The van der Waals surface area contributed by atoms with Crippen molar-refractivity contribution in [3.63, 3.8) is 0 Å². The summed E-state index contributed by atoms with van der Waals surface area (Å²) >= 11 is 0. The van der Waals surface area contributed by atoms with E-state index in [-0.39, 0.29) is 47.5 Å². The number of aliphatic hydroxyl groups excluding tert-OH is 1. The van der Waals surface area contributed by atoms with Crippen LogP contribution in [-0.4, -0.2) is 44.1 Å². The van der Waals surface area contributed by atoms with Gasteiger partial charge in [-0.1, -0.05) is 19.4 Å². The highest BCUT2D eigenvalue weighted by atomic mass is 16.3. The highest BCUT2D eigenvalue weighted by Crippen LogP contribution is 2.62. The number of phenols is 1. The SMILES string of the molecule is CC(=O)C1=C(C)C[C@@]2(C)C[C@@]3(C)Cc4c(C(C)=O)cc(C)c(O)c4C(=O)C3=C(O)[C@@]2(O)C1=O. The maximum Gasteiger partial charge on any atom is 0.206 e. The van der Waals surface area contributed by atoms with Crippen molar-refractivity contribution in [2.75, 3.05) is 0 Å². The minimum atomic E-state index is -2.45. The van der Waals surface area contributed by atoms with Gasteiger partial charge in [0.15, 0.2) is 23.0 Å². The van der Waals surface area contributed by atoms with Gasteiger partial charge in [0.1, 0.15) is 11.5 Å². The average molecular weight is 453 g/mol. The van der Waals surface area contributed by atoms with Gasteiger partial charge >= 0.3 is 0 Å². The molecule has 0 saturated carbocycles. The number of aryl methyl sites for hydroxylation is 1. The summed E-state index contributed by atoms with van der Waals surface area (Å²) in [5.41, 5.74) is -3.44. The van der Waals surface area contributed by atoms with Gasteiger partial charge in [0.2, 0.25) is 5.78 Å². The normalized spacial score (nSPS) is 31.2. The van der Waals surface area contributed by atoms with Crippen LogP contribution < -0.4 is 0 Å². The summed E-state index contributed by atoms with van der Waals surface area (Å²) < 4.78 is 0. The minimum Gasteiger partial charge on any atom is -0.508 e. The van der Waals surface area contributed by atoms with Gasteiger partial charge in [-0.15, -0.1) is 0 Å². The molecule has 1 aromatic rings. The van der Waals surface area contributed by atoms with Gasteiger partial charge in [-0.2, -0.15) is 0 Å². The van der Waals surface area contributed by atoms with E-state index in [2.05, 4.69) is 0 Å². The zero-order valence-corrected chi connectivity index (χ0v) is 19.7. The Morgan fingerprint density at radius 1 is 1.00 bits per heavy atom. The molecular formula is C26H28O7. The molecule has 7 heteroatoms. The fourth-order valence-electron chi connectivity index (χ4n) is 6.55. The Bertz CT molecular complexity index is 1260. The third-order valence-corrected chi connectivity index (χ3v) is 7.83. The van der Waals surface area contributed by atoms with Crippen molar-refractivity contribution in [3.05, 3.63) is 50.8 Å². The Morgan fingerprint density at radius 2 is 1.61 bits per heavy atom. The van der Waals surface area contributed by atoms with Crippen LogP contribution in [0.4, 0.5) is 0 Å². The minimum absolute atomic E-state index is 0.0896. The zero-order valence-electron chi connectivity index (χ0n) is 19.7. The number of Topliss-reactive ketones (excluding diaryl/α,β-unsaturated/α-hetero) is 4. The van der Waals surface area contributed by atoms with E-state index in [1.807, 2.05) is 0 Å². The first-order chi connectivity index (χ1) is 15.1. The molecule has 4 rings (SSSR count). The number of aromatic hydroxyl groups is 1. The Hall–Kier alpha value is -3.06. The molecule has 0 bridgehead atoms. The Labute approximate surface area is 191 Å². The number of phenolic OH excluding ortho intramolecular Hbond substituents is 1. The number of hydrogen-bond acceptors (Lipinski definition) is 7. The lowest BCUT2D eigenvalue weighted by Gasteiger charge is -2.56. The Kier molecular flexibility index (Phi) is 4.71. The van der Waals surface area contributed by atoms with Gasteiger partial charge in [-0.05, 0) is 64.2 Å². The number of allylic oxidation sites excluding steroid dienone is 2. The van der Waals surface area contributed by atoms with Crippen molar-refractivity contribution in [1.82, 2.24) is 0 Å². The lowest BCUT2D eigenvalue weighted by Crippen LogP contribution is -2.63. The van der Waals surface area contributed by atoms with Gasteiger partial charge in [0.25, 0.3) is 0 Å². The molecule has 3 atom stereocenters. The van der Waals surface area contributed by atoms with Crippen molar-refractivity contribution in [2.24, 2.45) is 10.8 Å². The predicted molar refractivity (Wildman–Crippen MR) is 119 cm³/mol. The van der Waals surface area contributed by atoms with Crippen molar-refractivity contribution in [2.45, 2.75) is 66.4 Å². The zero-order chi connectivity index (χ0) is 24.8. The molecule has 1 aromatic carbocycles. The van der Waals surface area contributed by atoms with Crippen LogP contribution in [0.5, 0.6) is 5.75 Å². The monoisotopic (exact) mass is 452 g/mol. The molecule has 0 unspecified atom stereocenters. The molecule has 7 nitrogen and oxygen atoms in total. The summed E-state index contributed by atoms with van der Waals surface area (Å²) in [5.74, 6) is -3.46. The van der Waals surface area contributed by atoms with E-state index in [1.165, 1.54) is 13.8 Å². The number of fused-ring (bicyclic) bond motifs is 3. The third-order valence-electron chi connectivity index (χ3n) is 7.83. The summed E-state index contributed by atoms with van der Waals surface area (Å²) in [4.78, 5) is 51.7. The lowest BCUT2D eigenvalue weighted by atomic mass is 9.48. The van der Waals surface area contributed by atoms with E-state index in [0.29, 0.717) is 22.3 Å². The second kappa shape index (κ2) is 6.73. The quantitative estimate of drug-likeness (QED) is 0.463. The first-order valence-corrected chi connectivity index (χ1v) is 10.9. The van der Waals surface area contributed by atoms with E-state index in [1.54, 1.807) is 33.8 Å². The highest BCUT2D eigenvalue weighted by molar-refractivity contribution is 6.25. The summed E-state index contributed by atoms with van der Waals surface area (Å²) in [5, 5.41) is 33.8. The van der Waals surface area contributed by atoms with Crippen molar-refractivity contribution in [3.8, 4) is 5.75 Å². The van der Waals surface area contributed by atoms with Crippen molar-refractivity contribution < 1.29 is 34.5 Å². The molecule has 0 aromatic heterocycles. The van der Waals surface area contributed by atoms with Crippen molar-refractivity contribution in [1.29, 1.82) is 0 Å². The number of hydrogen-bond donors (Lipinski definition) is 3.